The first-order valence-corrected chi connectivity index (χ1v) is 5.80. The van der Waals surface area contributed by atoms with Crippen LogP contribution in [0.4, 0.5) is 4.39 Å². The molecule has 3 rings (SSSR count). The van der Waals surface area contributed by atoms with Crippen molar-refractivity contribution in [2.75, 3.05) is 0 Å². The summed E-state index contributed by atoms with van der Waals surface area (Å²) in [6, 6.07) is 3.99. The first-order valence-electron chi connectivity index (χ1n) is 5.80. The van der Waals surface area contributed by atoms with E-state index in [1.807, 2.05) is 6.07 Å². The molecule has 0 spiro atoms. The van der Waals surface area contributed by atoms with E-state index in [2.05, 4.69) is 6.07 Å². The molecule has 80 valence electrons. The Morgan fingerprint density at radius 2 is 1.93 bits per heavy atom. The van der Waals surface area contributed by atoms with Crippen molar-refractivity contribution in [2.45, 2.75) is 44.1 Å². The molecule has 2 aliphatic rings. The third-order valence-corrected chi connectivity index (χ3v) is 4.00. The van der Waals surface area contributed by atoms with Gasteiger partial charge in [0.1, 0.15) is 5.82 Å². The van der Waals surface area contributed by atoms with Gasteiger partial charge in [-0.25, -0.2) is 4.39 Å². The van der Waals surface area contributed by atoms with Gasteiger partial charge in [-0.05, 0) is 49.7 Å². The van der Waals surface area contributed by atoms with Gasteiger partial charge in [0.15, 0.2) is 0 Å². The lowest BCUT2D eigenvalue weighted by Crippen LogP contribution is -2.44. The van der Waals surface area contributed by atoms with E-state index >= 15 is 0 Å². The van der Waals surface area contributed by atoms with Crippen molar-refractivity contribution < 1.29 is 4.39 Å². The lowest BCUT2D eigenvalue weighted by Gasteiger charge is -2.39. The first-order chi connectivity index (χ1) is 7.21. The fourth-order valence-electron chi connectivity index (χ4n) is 2.83. The molecule has 1 nitrogen and oxygen atoms in total. The van der Waals surface area contributed by atoms with Crippen molar-refractivity contribution in [3.8, 4) is 0 Å². The minimum Gasteiger partial charge on any atom is -0.321 e. The molecule has 0 aromatic heterocycles. The Bertz CT molecular complexity index is 407. The topological polar surface area (TPSA) is 26.0 Å². The fraction of sp³-hybridized carbons (Fsp3) is 0.538. The summed E-state index contributed by atoms with van der Waals surface area (Å²) >= 11 is 0. The second-order valence-corrected chi connectivity index (χ2v) is 4.93. The number of nitrogens with two attached hydrogens (primary N) is 1. The predicted octanol–water partition coefficient (Wildman–Crippen LogP) is 2.65. The summed E-state index contributed by atoms with van der Waals surface area (Å²) in [5, 5.41) is 0. The van der Waals surface area contributed by atoms with Gasteiger partial charge in [-0.1, -0.05) is 12.1 Å². The summed E-state index contributed by atoms with van der Waals surface area (Å²) in [6.07, 6.45) is 6.01. The van der Waals surface area contributed by atoms with Gasteiger partial charge in [0, 0.05) is 11.1 Å². The molecule has 0 bridgehead atoms. The van der Waals surface area contributed by atoms with Crippen molar-refractivity contribution in [3.05, 3.63) is 34.6 Å². The van der Waals surface area contributed by atoms with E-state index in [0.29, 0.717) is 0 Å². The van der Waals surface area contributed by atoms with Gasteiger partial charge in [-0.2, -0.15) is 0 Å². The summed E-state index contributed by atoms with van der Waals surface area (Å²) in [5.74, 6) is -0.00722. The molecular formula is C13H16FN. The van der Waals surface area contributed by atoms with Crippen LogP contribution >= 0.6 is 0 Å². The molecule has 2 aliphatic carbocycles. The van der Waals surface area contributed by atoms with E-state index in [0.717, 1.165) is 49.7 Å². The Morgan fingerprint density at radius 1 is 1.13 bits per heavy atom. The number of fused-ring (bicyclic) bond motifs is 1. The Balaban J connectivity index is 2.10. The molecule has 15 heavy (non-hydrogen) atoms. The summed E-state index contributed by atoms with van der Waals surface area (Å²) in [6.45, 7) is 0. The number of rotatable bonds is 1. The van der Waals surface area contributed by atoms with Crippen LogP contribution in [-0.2, 0) is 18.4 Å². The van der Waals surface area contributed by atoms with Crippen LogP contribution in [0.3, 0.4) is 0 Å². The van der Waals surface area contributed by atoms with E-state index in [1.165, 1.54) is 5.56 Å². The third-order valence-electron chi connectivity index (χ3n) is 4.00. The van der Waals surface area contributed by atoms with E-state index in [1.54, 1.807) is 0 Å². The highest BCUT2D eigenvalue weighted by molar-refractivity contribution is 5.40. The normalized spacial score (nSPS) is 22.3. The number of benzene rings is 1. The zero-order valence-corrected chi connectivity index (χ0v) is 8.85. The van der Waals surface area contributed by atoms with Crippen molar-refractivity contribution >= 4 is 0 Å². The quantitative estimate of drug-likeness (QED) is 0.749. The second-order valence-electron chi connectivity index (χ2n) is 4.93. The summed E-state index contributed by atoms with van der Waals surface area (Å²) in [4.78, 5) is 0. The van der Waals surface area contributed by atoms with Crippen LogP contribution in [0.1, 0.15) is 42.4 Å². The average Bonchev–Trinajstić information content (AvgIpc) is 2.64. The van der Waals surface area contributed by atoms with Gasteiger partial charge in [0.25, 0.3) is 0 Å². The maximum absolute atomic E-state index is 14.2. The molecule has 0 heterocycles. The van der Waals surface area contributed by atoms with Crippen molar-refractivity contribution in [1.82, 2.24) is 0 Å². The summed E-state index contributed by atoms with van der Waals surface area (Å²) in [7, 11) is 0. The highest BCUT2D eigenvalue weighted by Gasteiger charge is 2.37. The lowest BCUT2D eigenvalue weighted by molar-refractivity contribution is 0.244. The molecule has 0 atom stereocenters. The number of hydrogen-bond acceptors (Lipinski definition) is 1. The van der Waals surface area contributed by atoms with Crippen LogP contribution in [-0.4, -0.2) is 0 Å². The van der Waals surface area contributed by atoms with E-state index < -0.39 is 0 Å². The molecule has 0 saturated heterocycles. The molecule has 2 N–H and O–H groups in total. The van der Waals surface area contributed by atoms with Gasteiger partial charge in [-0.3, -0.25) is 0 Å². The molecule has 1 aromatic carbocycles. The predicted molar refractivity (Wildman–Crippen MR) is 58.1 cm³/mol. The molecule has 0 aliphatic heterocycles. The number of hydrogen-bond donors (Lipinski definition) is 1. The van der Waals surface area contributed by atoms with E-state index in [4.69, 9.17) is 5.73 Å². The van der Waals surface area contributed by atoms with Crippen LogP contribution in [0.5, 0.6) is 0 Å². The molecule has 0 amide bonds. The van der Waals surface area contributed by atoms with Gasteiger partial charge < -0.3 is 5.73 Å². The van der Waals surface area contributed by atoms with Crippen molar-refractivity contribution in [2.24, 2.45) is 5.73 Å². The zero-order valence-electron chi connectivity index (χ0n) is 8.85. The SMILES string of the molecule is NC1(c2ccc3c(c2F)CCC3)CCC1. The lowest BCUT2D eigenvalue weighted by atomic mass is 9.72. The molecule has 0 unspecified atom stereocenters. The highest BCUT2D eigenvalue weighted by Crippen LogP contribution is 2.41. The standard InChI is InChI=1S/C13H16FN/c14-12-10-4-1-3-9(10)5-6-11(12)13(15)7-2-8-13/h5-6H,1-4,7-8,15H2. The minimum absolute atomic E-state index is 0.00722. The largest absolute Gasteiger partial charge is 0.321 e. The highest BCUT2D eigenvalue weighted by atomic mass is 19.1. The summed E-state index contributed by atoms with van der Waals surface area (Å²) < 4.78 is 14.2. The van der Waals surface area contributed by atoms with Gasteiger partial charge >= 0.3 is 0 Å². The number of aryl methyl sites for hydroxylation is 1. The minimum atomic E-state index is -0.359. The monoisotopic (exact) mass is 205 g/mol. The van der Waals surface area contributed by atoms with E-state index in [9.17, 15) is 4.39 Å². The molecule has 0 radical (unpaired) electrons. The van der Waals surface area contributed by atoms with Crippen molar-refractivity contribution in [3.63, 3.8) is 0 Å². The summed E-state index contributed by atoms with van der Waals surface area (Å²) in [5.41, 5.74) is 8.71. The molecule has 1 saturated carbocycles. The fourth-order valence-corrected chi connectivity index (χ4v) is 2.83. The van der Waals surface area contributed by atoms with E-state index in [-0.39, 0.29) is 11.4 Å². The zero-order chi connectivity index (χ0) is 10.5. The van der Waals surface area contributed by atoms with Crippen LogP contribution < -0.4 is 5.73 Å². The van der Waals surface area contributed by atoms with Crippen LogP contribution in [0.25, 0.3) is 0 Å². The molecular weight excluding hydrogens is 189 g/mol. The Morgan fingerprint density at radius 3 is 2.60 bits per heavy atom. The average molecular weight is 205 g/mol. The Labute approximate surface area is 89.5 Å². The maximum Gasteiger partial charge on any atom is 0.131 e. The molecule has 1 fully saturated rings. The maximum atomic E-state index is 14.2. The van der Waals surface area contributed by atoms with Crippen LogP contribution in [0, 0.1) is 5.82 Å². The van der Waals surface area contributed by atoms with Gasteiger partial charge in [-0.15, -0.1) is 0 Å². The van der Waals surface area contributed by atoms with Crippen molar-refractivity contribution in [1.29, 1.82) is 0 Å². The van der Waals surface area contributed by atoms with Gasteiger partial charge in [0.05, 0.1) is 0 Å². The van der Waals surface area contributed by atoms with Crippen LogP contribution in [0.15, 0.2) is 12.1 Å². The smallest absolute Gasteiger partial charge is 0.131 e. The third kappa shape index (κ3) is 1.24. The molecule has 2 heteroatoms. The Hall–Kier alpha value is -0.890. The first kappa shape index (κ1) is 9.34. The molecule has 1 aromatic rings. The number of halogens is 1. The second kappa shape index (κ2) is 3.05. The van der Waals surface area contributed by atoms with Gasteiger partial charge in [0.2, 0.25) is 0 Å². The van der Waals surface area contributed by atoms with Crippen LogP contribution in [0.2, 0.25) is 0 Å². The Kier molecular flexibility index (Phi) is 1.90.